The van der Waals surface area contributed by atoms with Crippen molar-refractivity contribution in [3.05, 3.63) is 52.8 Å². The number of aliphatic hydroxyl groups is 1. The highest BCUT2D eigenvalue weighted by Gasteiger charge is 2.62. The van der Waals surface area contributed by atoms with Crippen LogP contribution in [0.15, 0.2) is 41.3 Å². The number of aliphatic hydroxyl groups excluding tert-OH is 1. The summed E-state index contributed by atoms with van der Waals surface area (Å²) in [6.07, 6.45) is -5.07. The molecule has 1 aliphatic rings. The molecule has 12 nitrogen and oxygen atoms in total. The number of rotatable bonds is 11. The zero-order chi connectivity index (χ0) is 30.0. The van der Waals surface area contributed by atoms with Crippen LogP contribution in [0.25, 0.3) is 0 Å². The van der Waals surface area contributed by atoms with Gasteiger partial charge in [-0.3, -0.25) is 13.9 Å². The highest BCUT2D eigenvalue weighted by Crippen LogP contribution is 2.53. The summed E-state index contributed by atoms with van der Waals surface area (Å²) >= 11 is 6.42. The third-order valence-corrected chi connectivity index (χ3v) is 8.30. The Bertz CT molecular complexity index is 1320. The minimum Gasteiger partial charge on any atom is -0.462 e. The van der Waals surface area contributed by atoms with Gasteiger partial charge in [-0.2, -0.15) is 10.1 Å². The molecule has 1 aliphatic heterocycles. The van der Waals surface area contributed by atoms with Crippen LogP contribution in [0.3, 0.4) is 0 Å². The predicted molar refractivity (Wildman–Crippen MR) is 141 cm³/mol. The molecule has 16 heteroatoms. The van der Waals surface area contributed by atoms with Gasteiger partial charge in [0.2, 0.25) is 0 Å². The Labute approximate surface area is 234 Å². The summed E-state index contributed by atoms with van der Waals surface area (Å²) in [5.41, 5.74) is 2.41. The smallest absolute Gasteiger partial charge is 0.460 e. The van der Waals surface area contributed by atoms with Crippen LogP contribution in [-0.4, -0.2) is 62.1 Å². The lowest BCUT2D eigenvalue weighted by Gasteiger charge is -2.36. The quantitative estimate of drug-likeness (QED) is 0.195. The summed E-state index contributed by atoms with van der Waals surface area (Å²) in [6.45, 7) is 5.89. The number of alkyl halides is 2. The number of benzene rings is 1. The average Bonchev–Trinajstić information content (AvgIpc) is 3.12. The van der Waals surface area contributed by atoms with Gasteiger partial charge >= 0.3 is 19.4 Å². The van der Waals surface area contributed by atoms with E-state index in [0.29, 0.717) is 10.8 Å². The van der Waals surface area contributed by atoms with Crippen LogP contribution in [0.2, 0.25) is 0 Å². The second kappa shape index (κ2) is 12.1. The maximum atomic E-state index is 14.3. The van der Waals surface area contributed by atoms with E-state index in [0.717, 1.165) is 0 Å². The Balaban J connectivity index is 1.97. The summed E-state index contributed by atoms with van der Waals surface area (Å²) in [5, 5.41) is 13.6. The monoisotopic (exact) mass is 608 g/mol. The number of hydrogen-bond acceptors (Lipinski definition) is 10. The summed E-state index contributed by atoms with van der Waals surface area (Å²) in [7, 11) is -4.50. The molecule has 0 radical (unpaired) electrons. The van der Waals surface area contributed by atoms with E-state index in [1.807, 2.05) is 0 Å². The first-order valence-corrected chi connectivity index (χ1v) is 14.1. The highest BCUT2D eigenvalue weighted by molar-refractivity contribution is 7.52. The van der Waals surface area contributed by atoms with E-state index in [1.165, 1.54) is 32.9 Å². The van der Waals surface area contributed by atoms with Crippen LogP contribution in [0.4, 0.5) is 14.6 Å². The van der Waals surface area contributed by atoms with Crippen molar-refractivity contribution in [2.75, 3.05) is 12.4 Å². The molecule has 2 aromatic rings. The standard InChI is InChI=1S/C24H32ClF2N4O8P/c1-13(2)36-20(33)14(3)30-40(35,38-15-9-7-6-8-10-15)39-23(4,5)18-17(32)24(25,12-26)21(37-18)31-11-16(27)19(28)29-22(31)34/h6-11,13-14,17-18,21,32H,12H2,1-5H3,(H,30,35)(H2,28,29,34)/t14-,17?,18-,21+,24+,40+/m0/s1. The molecule has 1 aromatic carbocycles. The first kappa shape index (κ1) is 31.9. The van der Waals surface area contributed by atoms with Crippen molar-refractivity contribution in [1.29, 1.82) is 0 Å². The zero-order valence-electron chi connectivity index (χ0n) is 22.4. The Morgan fingerprint density at radius 3 is 2.55 bits per heavy atom. The average molecular weight is 609 g/mol. The number of halogens is 3. The predicted octanol–water partition coefficient (Wildman–Crippen LogP) is 3.08. The molecule has 0 amide bonds. The van der Waals surface area contributed by atoms with Crippen LogP contribution in [-0.2, 0) is 23.4 Å². The van der Waals surface area contributed by atoms with Gasteiger partial charge < -0.3 is 24.8 Å². The number of carbonyl (C=O) groups is 1. The normalized spacial score (nSPS) is 25.4. The van der Waals surface area contributed by atoms with Gasteiger partial charge in [-0.15, -0.1) is 11.6 Å². The molecule has 0 bridgehead atoms. The van der Waals surface area contributed by atoms with Gasteiger partial charge in [-0.05, 0) is 46.8 Å². The molecule has 2 heterocycles. The van der Waals surface area contributed by atoms with Crippen molar-refractivity contribution in [1.82, 2.24) is 14.6 Å². The number of para-hydroxylation sites is 1. The molecule has 1 aromatic heterocycles. The zero-order valence-corrected chi connectivity index (χ0v) is 24.1. The van der Waals surface area contributed by atoms with Gasteiger partial charge in [-0.25, -0.2) is 18.1 Å². The van der Waals surface area contributed by atoms with E-state index in [2.05, 4.69) is 10.1 Å². The van der Waals surface area contributed by atoms with E-state index in [4.69, 9.17) is 35.9 Å². The molecule has 0 saturated carbocycles. The molecule has 1 fully saturated rings. The lowest BCUT2D eigenvalue weighted by Crippen LogP contribution is -2.51. The first-order chi connectivity index (χ1) is 18.5. The second-order valence-corrected chi connectivity index (χ2v) is 12.3. The van der Waals surface area contributed by atoms with Crippen LogP contribution >= 0.6 is 19.3 Å². The molecule has 40 heavy (non-hydrogen) atoms. The maximum Gasteiger partial charge on any atom is 0.460 e. The SMILES string of the molecule is CC(C)OC(=O)[C@H](C)N[P@@](=O)(Oc1ccccc1)OC(C)(C)[C@H]1O[C@@H](n2cc(F)c(N)nc2=O)[C@@](Cl)(CF)C1O. The lowest BCUT2D eigenvalue weighted by atomic mass is 9.91. The van der Waals surface area contributed by atoms with Gasteiger partial charge in [-0.1, -0.05) is 18.2 Å². The Kier molecular flexibility index (Phi) is 9.65. The molecule has 1 unspecified atom stereocenters. The number of hydrogen-bond donors (Lipinski definition) is 3. The van der Waals surface area contributed by atoms with Crippen molar-refractivity contribution in [3.63, 3.8) is 0 Å². The summed E-state index contributed by atoms with van der Waals surface area (Å²) in [6, 6.07) is 6.69. The second-order valence-electron chi connectivity index (χ2n) is 10.0. The third kappa shape index (κ3) is 6.81. The molecule has 0 spiro atoms. The summed E-state index contributed by atoms with van der Waals surface area (Å²) < 4.78 is 65.5. The maximum absolute atomic E-state index is 14.3. The van der Waals surface area contributed by atoms with E-state index < -0.39 is 78.8 Å². The highest BCUT2D eigenvalue weighted by atomic mass is 35.5. The molecule has 3 rings (SSSR count). The third-order valence-electron chi connectivity index (χ3n) is 5.92. The van der Waals surface area contributed by atoms with E-state index in [1.54, 1.807) is 32.0 Å². The molecule has 6 atom stereocenters. The van der Waals surface area contributed by atoms with Gasteiger partial charge in [0, 0.05) is 0 Å². The number of nitrogens with zero attached hydrogens (tertiary/aromatic N) is 2. The van der Waals surface area contributed by atoms with Crippen molar-refractivity contribution in [2.24, 2.45) is 0 Å². The Morgan fingerprint density at radius 1 is 1.35 bits per heavy atom. The lowest BCUT2D eigenvalue weighted by molar-refractivity contribution is -0.149. The van der Waals surface area contributed by atoms with Crippen molar-refractivity contribution in [2.45, 2.75) is 75.7 Å². The molecule has 0 aliphatic carbocycles. The van der Waals surface area contributed by atoms with Crippen LogP contribution in [0, 0.1) is 5.82 Å². The number of aromatic nitrogens is 2. The van der Waals surface area contributed by atoms with Crippen LogP contribution < -0.4 is 21.0 Å². The van der Waals surface area contributed by atoms with Crippen molar-refractivity contribution in [3.8, 4) is 5.75 Å². The number of nitrogens with two attached hydrogens (primary N) is 1. The number of nitrogens with one attached hydrogen (secondary N) is 1. The number of anilines is 1. The van der Waals surface area contributed by atoms with E-state index in [-0.39, 0.29) is 5.75 Å². The molecule has 4 N–H and O–H groups in total. The molecular weight excluding hydrogens is 577 g/mol. The molecular formula is C24H32ClF2N4O8P. The number of ether oxygens (including phenoxy) is 2. The minimum atomic E-state index is -4.50. The van der Waals surface area contributed by atoms with Crippen LogP contribution in [0.1, 0.15) is 40.8 Å². The fraction of sp³-hybridized carbons (Fsp3) is 0.542. The van der Waals surface area contributed by atoms with Gasteiger partial charge in [0.1, 0.15) is 41.1 Å². The van der Waals surface area contributed by atoms with E-state index in [9.17, 15) is 28.0 Å². The Hall–Kier alpha value is -2.61. The Morgan fingerprint density at radius 2 is 1.98 bits per heavy atom. The van der Waals surface area contributed by atoms with Crippen molar-refractivity contribution < 1.29 is 41.8 Å². The number of carbonyl (C=O) groups excluding carboxylic acids is 1. The molecule has 1 saturated heterocycles. The largest absolute Gasteiger partial charge is 0.462 e. The first-order valence-electron chi connectivity index (χ1n) is 12.2. The van der Waals surface area contributed by atoms with Crippen molar-refractivity contribution >= 4 is 31.1 Å². The summed E-state index contributed by atoms with van der Waals surface area (Å²) in [4.78, 5) is 25.9. The fourth-order valence-electron chi connectivity index (χ4n) is 4.01. The number of esters is 1. The number of nitrogen functional groups attached to an aromatic ring is 1. The van der Waals surface area contributed by atoms with Crippen LogP contribution in [0.5, 0.6) is 5.75 Å². The van der Waals surface area contributed by atoms with E-state index >= 15 is 0 Å². The van der Waals surface area contributed by atoms with Gasteiger partial charge in [0.25, 0.3) is 0 Å². The van der Waals surface area contributed by atoms with Gasteiger partial charge in [0.05, 0.1) is 12.3 Å². The van der Waals surface area contributed by atoms with Gasteiger partial charge in [0.15, 0.2) is 17.9 Å². The minimum absolute atomic E-state index is 0.106. The topological polar surface area (TPSA) is 164 Å². The molecule has 222 valence electrons. The summed E-state index contributed by atoms with van der Waals surface area (Å²) in [5.74, 6) is -2.45. The fourth-order valence-corrected chi connectivity index (χ4v) is 6.13.